The van der Waals surface area contributed by atoms with Gasteiger partial charge in [-0.25, -0.2) is 0 Å². The molecule has 0 saturated carbocycles. The van der Waals surface area contributed by atoms with Crippen molar-refractivity contribution in [3.8, 4) is 11.4 Å². The molecule has 0 amide bonds. The predicted molar refractivity (Wildman–Crippen MR) is 177 cm³/mol. The van der Waals surface area contributed by atoms with Crippen LogP contribution in [0.4, 0.5) is 11.4 Å². The number of anilines is 2. The lowest BCUT2D eigenvalue weighted by atomic mass is 10.1. The van der Waals surface area contributed by atoms with Crippen LogP contribution in [0, 0.1) is 0 Å². The van der Waals surface area contributed by atoms with Crippen molar-refractivity contribution in [1.29, 1.82) is 0 Å². The number of rotatable bonds is 7. The van der Waals surface area contributed by atoms with E-state index >= 15 is 0 Å². The second kappa shape index (κ2) is 10.5. The molecule has 5 aromatic carbocycles. The van der Waals surface area contributed by atoms with E-state index in [-0.39, 0.29) is 0 Å². The number of hydrogen-bond acceptors (Lipinski definition) is 3. The number of benzene rings is 5. The Kier molecular flexibility index (Phi) is 6.38. The van der Waals surface area contributed by atoms with Crippen molar-refractivity contribution in [2.24, 2.45) is 0 Å². The molecule has 4 heteroatoms. The molecule has 0 unspecified atom stereocenters. The van der Waals surface area contributed by atoms with E-state index in [2.05, 4.69) is 131 Å². The van der Waals surface area contributed by atoms with Gasteiger partial charge in [-0.3, -0.25) is 0 Å². The van der Waals surface area contributed by atoms with Crippen LogP contribution in [0.5, 0.6) is 5.75 Å². The number of fused-ring (bicyclic) bond motifs is 6. The molecule has 0 spiro atoms. The van der Waals surface area contributed by atoms with Gasteiger partial charge < -0.3 is 14.2 Å². The zero-order chi connectivity index (χ0) is 27.8. The molecule has 0 atom stereocenters. The summed E-state index contributed by atoms with van der Waals surface area (Å²) < 4.78 is 10.6. The zero-order valence-corrected chi connectivity index (χ0v) is 23.5. The number of nitrogens with zero attached hydrogens (tertiary/aromatic N) is 2. The Labute approximate surface area is 243 Å². The molecule has 198 valence electrons. The summed E-state index contributed by atoms with van der Waals surface area (Å²) in [7, 11) is 1.72. The predicted octanol–water partition coefficient (Wildman–Crippen LogP) is 10.6. The van der Waals surface area contributed by atoms with Gasteiger partial charge >= 0.3 is 0 Å². The van der Waals surface area contributed by atoms with E-state index in [0.717, 1.165) is 44.6 Å². The highest BCUT2D eigenvalue weighted by atomic mass is 32.1. The Morgan fingerprint density at radius 1 is 0.707 bits per heavy atom. The monoisotopic (exact) mass is 548 g/mol. The van der Waals surface area contributed by atoms with Gasteiger partial charge in [0.05, 0.1) is 23.8 Å². The van der Waals surface area contributed by atoms with Crippen LogP contribution < -0.4 is 9.64 Å². The first kappa shape index (κ1) is 24.9. The number of methoxy groups -OCH3 is 1. The van der Waals surface area contributed by atoms with Gasteiger partial charge in [-0.2, -0.15) is 0 Å². The highest BCUT2D eigenvalue weighted by molar-refractivity contribution is 7.25. The standard InChI is InChI=1S/C37H28N2OS/c1-3-4-5-11-23-38(27-19-22-36-30(24-27)29-15-9-10-18-35(29)41-36)33-16-12-17-34-37(33)31-25-28(40-2)20-21-32(31)39(34)26-13-7-6-8-14-26/h3-25H,1H2,2H3/b5-4-,23-11-. The number of aromatic nitrogens is 1. The minimum atomic E-state index is 0.835. The largest absolute Gasteiger partial charge is 0.497 e. The lowest BCUT2D eigenvalue weighted by Crippen LogP contribution is -2.08. The zero-order valence-electron chi connectivity index (χ0n) is 22.7. The molecule has 0 aliphatic carbocycles. The average molecular weight is 549 g/mol. The minimum Gasteiger partial charge on any atom is -0.497 e. The third-order valence-corrected chi connectivity index (χ3v) is 8.63. The third-order valence-electron chi connectivity index (χ3n) is 7.48. The van der Waals surface area contributed by atoms with E-state index in [1.807, 2.05) is 29.6 Å². The van der Waals surface area contributed by atoms with Crippen LogP contribution in [0.2, 0.25) is 0 Å². The van der Waals surface area contributed by atoms with E-state index in [1.165, 1.54) is 20.2 Å². The first-order valence-corrected chi connectivity index (χ1v) is 14.4. The molecular formula is C37H28N2OS. The maximum Gasteiger partial charge on any atom is 0.119 e. The van der Waals surface area contributed by atoms with Crippen LogP contribution in [0.15, 0.2) is 146 Å². The molecule has 7 rings (SSSR count). The van der Waals surface area contributed by atoms with E-state index in [1.54, 1.807) is 13.2 Å². The Hall–Kier alpha value is -5.06. The van der Waals surface area contributed by atoms with Crippen LogP contribution in [0.3, 0.4) is 0 Å². The second-order valence-electron chi connectivity index (χ2n) is 9.84. The van der Waals surface area contributed by atoms with Gasteiger partial charge in [-0.05, 0) is 72.8 Å². The Morgan fingerprint density at radius 3 is 2.39 bits per heavy atom. The quantitative estimate of drug-likeness (QED) is 0.184. The SMILES string of the molecule is C=C/C=C\C=C/N(c1ccc2sc3ccccc3c2c1)c1cccc2c1c1cc(OC)ccc1n2-c1ccccc1. The molecule has 0 bridgehead atoms. The molecule has 2 heterocycles. The van der Waals surface area contributed by atoms with Gasteiger partial charge in [0.15, 0.2) is 0 Å². The minimum absolute atomic E-state index is 0.835. The summed E-state index contributed by atoms with van der Waals surface area (Å²) in [5.41, 5.74) is 5.59. The van der Waals surface area contributed by atoms with Crippen molar-refractivity contribution in [3.63, 3.8) is 0 Å². The number of hydrogen-bond donors (Lipinski definition) is 0. The number of para-hydroxylation sites is 1. The number of thiophene rings is 1. The average Bonchev–Trinajstić information content (AvgIpc) is 3.56. The van der Waals surface area contributed by atoms with Crippen molar-refractivity contribution < 1.29 is 4.74 Å². The van der Waals surface area contributed by atoms with Gasteiger partial charge in [-0.15, -0.1) is 11.3 Å². The molecular weight excluding hydrogens is 520 g/mol. The Bertz CT molecular complexity index is 2110. The van der Waals surface area contributed by atoms with Gasteiger partial charge in [0.1, 0.15) is 5.75 Å². The Morgan fingerprint density at radius 2 is 1.54 bits per heavy atom. The van der Waals surface area contributed by atoms with Crippen molar-refractivity contribution >= 4 is 64.7 Å². The summed E-state index contributed by atoms with van der Waals surface area (Å²) in [6.45, 7) is 3.83. The number of ether oxygens (including phenoxy) is 1. The summed E-state index contributed by atoms with van der Waals surface area (Å²) in [4.78, 5) is 2.29. The van der Waals surface area contributed by atoms with Gasteiger partial charge in [-0.1, -0.05) is 67.3 Å². The van der Waals surface area contributed by atoms with Crippen molar-refractivity contribution in [2.45, 2.75) is 0 Å². The maximum atomic E-state index is 5.69. The summed E-state index contributed by atoms with van der Waals surface area (Å²) in [5, 5.41) is 4.86. The van der Waals surface area contributed by atoms with E-state index in [4.69, 9.17) is 4.74 Å². The van der Waals surface area contributed by atoms with Crippen molar-refractivity contribution in [1.82, 2.24) is 4.57 Å². The molecule has 3 nitrogen and oxygen atoms in total. The van der Waals surface area contributed by atoms with Crippen LogP contribution in [0.25, 0.3) is 47.7 Å². The van der Waals surface area contributed by atoms with Crippen LogP contribution in [0.1, 0.15) is 0 Å². The molecule has 41 heavy (non-hydrogen) atoms. The Balaban J connectivity index is 1.53. The molecule has 0 radical (unpaired) electrons. The molecule has 0 N–H and O–H groups in total. The first-order valence-electron chi connectivity index (χ1n) is 13.6. The maximum absolute atomic E-state index is 5.69. The van der Waals surface area contributed by atoms with Gasteiger partial charge in [0.2, 0.25) is 0 Å². The lowest BCUT2D eigenvalue weighted by molar-refractivity contribution is 0.415. The van der Waals surface area contributed by atoms with Crippen LogP contribution in [-0.4, -0.2) is 11.7 Å². The van der Waals surface area contributed by atoms with E-state index in [9.17, 15) is 0 Å². The summed E-state index contributed by atoms with van der Waals surface area (Å²) >= 11 is 1.84. The fourth-order valence-corrected chi connectivity index (χ4v) is 6.75. The molecule has 7 aromatic rings. The van der Waals surface area contributed by atoms with E-state index < -0.39 is 0 Å². The lowest BCUT2D eigenvalue weighted by Gasteiger charge is -2.22. The highest BCUT2D eigenvalue weighted by Gasteiger charge is 2.20. The molecule has 0 aliphatic heterocycles. The van der Waals surface area contributed by atoms with E-state index in [0.29, 0.717) is 0 Å². The molecule has 0 aliphatic rings. The van der Waals surface area contributed by atoms with Gasteiger partial charge in [0, 0.05) is 48.5 Å². The summed E-state index contributed by atoms with van der Waals surface area (Å²) in [6.07, 6.45) is 9.94. The van der Waals surface area contributed by atoms with Crippen molar-refractivity contribution in [3.05, 3.63) is 146 Å². The fraction of sp³-hybridized carbons (Fsp3) is 0.0270. The normalized spacial score (nSPS) is 11.9. The third kappa shape index (κ3) is 4.30. The van der Waals surface area contributed by atoms with Crippen LogP contribution >= 0.6 is 11.3 Å². The summed E-state index contributed by atoms with van der Waals surface area (Å²) in [6, 6.07) is 38.8. The van der Waals surface area contributed by atoms with Crippen molar-refractivity contribution in [2.75, 3.05) is 12.0 Å². The fourth-order valence-electron chi connectivity index (χ4n) is 5.66. The van der Waals surface area contributed by atoms with Gasteiger partial charge in [0.25, 0.3) is 0 Å². The molecule has 0 fully saturated rings. The smallest absolute Gasteiger partial charge is 0.119 e. The topological polar surface area (TPSA) is 17.4 Å². The second-order valence-corrected chi connectivity index (χ2v) is 10.9. The highest BCUT2D eigenvalue weighted by Crippen LogP contribution is 2.43. The van der Waals surface area contributed by atoms with Crippen LogP contribution in [-0.2, 0) is 0 Å². The molecule has 2 aromatic heterocycles. The molecule has 0 saturated heterocycles. The summed E-state index contributed by atoms with van der Waals surface area (Å²) in [5.74, 6) is 0.835. The number of allylic oxidation sites excluding steroid dienone is 4. The first-order chi connectivity index (χ1) is 20.3.